The van der Waals surface area contributed by atoms with Gasteiger partial charge in [0.1, 0.15) is 6.61 Å². The van der Waals surface area contributed by atoms with Gasteiger partial charge in [-0.2, -0.15) is 0 Å². The lowest BCUT2D eigenvalue weighted by molar-refractivity contribution is 0.122. The number of hydrogen-bond acceptors (Lipinski definition) is 5. The number of rotatable bonds is 8. The number of nitrogens with zero attached hydrogens (tertiary/aromatic N) is 1. The molecule has 0 radical (unpaired) electrons. The number of methoxy groups -OCH3 is 1. The normalized spacial score (nSPS) is 13.7. The Kier molecular flexibility index (Phi) is 7.55. The second kappa shape index (κ2) is 10.7. The first-order valence-corrected chi connectivity index (χ1v) is 11.6. The predicted octanol–water partition coefficient (Wildman–Crippen LogP) is 5.79. The highest BCUT2D eigenvalue weighted by Gasteiger charge is 2.13. The molecule has 3 aromatic carbocycles. The Morgan fingerprint density at radius 2 is 1.69 bits per heavy atom. The number of hydrogen-bond donors (Lipinski definition) is 1. The molecule has 0 atom stereocenters. The van der Waals surface area contributed by atoms with Gasteiger partial charge in [-0.3, -0.25) is 0 Å². The average Bonchev–Trinajstić information content (AvgIpc) is 2.83. The second-order valence-electron chi connectivity index (χ2n) is 7.88. The van der Waals surface area contributed by atoms with Gasteiger partial charge < -0.3 is 24.4 Å². The molecular formula is C26H29BrN2O3. The molecule has 1 aliphatic heterocycles. The quantitative estimate of drug-likeness (QED) is 0.427. The lowest BCUT2D eigenvalue weighted by Crippen LogP contribution is -2.36. The molecule has 0 spiro atoms. The third-order valence-electron chi connectivity index (χ3n) is 5.53. The maximum atomic E-state index is 6.07. The molecule has 168 valence electrons. The Morgan fingerprint density at radius 3 is 2.38 bits per heavy atom. The van der Waals surface area contributed by atoms with E-state index in [1.807, 2.05) is 6.07 Å². The van der Waals surface area contributed by atoms with Crippen molar-refractivity contribution in [1.29, 1.82) is 0 Å². The summed E-state index contributed by atoms with van der Waals surface area (Å²) in [6.07, 6.45) is 0. The molecule has 4 rings (SSSR count). The van der Waals surface area contributed by atoms with Crippen LogP contribution in [0.15, 0.2) is 65.1 Å². The highest BCUT2D eigenvalue weighted by Crippen LogP contribution is 2.37. The van der Waals surface area contributed by atoms with E-state index in [2.05, 4.69) is 87.7 Å². The zero-order valence-corrected chi connectivity index (χ0v) is 20.2. The molecule has 0 saturated carbocycles. The van der Waals surface area contributed by atoms with E-state index in [4.69, 9.17) is 14.2 Å². The summed E-state index contributed by atoms with van der Waals surface area (Å²) in [5.74, 6) is 1.43. The predicted molar refractivity (Wildman–Crippen MR) is 133 cm³/mol. The fourth-order valence-electron chi connectivity index (χ4n) is 3.67. The zero-order chi connectivity index (χ0) is 22.3. The van der Waals surface area contributed by atoms with Gasteiger partial charge in [-0.25, -0.2) is 0 Å². The minimum absolute atomic E-state index is 0.488. The molecule has 0 aliphatic carbocycles. The van der Waals surface area contributed by atoms with Gasteiger partial charge in [-0.15, -0.1) is 0 Å². The minimum Gasteiger partial charge on any atom is -0.493 e. The fourth-order valence-corrected chi connectivity index (χ4v) is 4.27. The van der Waals surface area contributed by atoms with E-state index in [-0.39, 0.29) is 0 Å². The minimum atomic E-state index is 0.488. The first-order chi connectivity index (χ1) is 15.6. The molecule has 6 heteroatoms. The van der Waals surface area contributed by atoms with Gasteiger partial charge in [-0.05, 0) is 70.4 Å². The van der Waals surface area contributed by atoms with Crippen LogP contribution < -0.4 is 19.7 Å². The topological polar surface area (TPSA) is 43.0 Å². The smallest absolute Gasteiger partial charge is 0.175 e. The van der Waals surface area contributed by atoms with E-state index in [0.29, 0.717) is 24.7 Å². The largest absolute Gasteiger partial charge is 0.493 e. The number of morpholine rings is 1. The van der Waals surface area contributed by atoms with Gasteiger partial charge in [0.15, 0.2) is 11.5 Å². The van der Waals surface area contributed by atoms with Crippen LogP contribution in [0.2, 0.25) is 0 Å². The van der Waals surface area contributed by atoms with Gasteiger partial charge in [0.05, 0.1) is 24.8 Å². The highest BCUT2D eigenvalue weighted by atomic mass is 79.9. The second-order valence-corrected chi connectivity index (χ2v) is 8.74. The molecule has 0 aromatic heterocycles. The summed E-state index contributed by atoms with van der Waals surface area (Å²) in [6.45, 7) is 6.72. The van der Waals surface area contributed by atoms with Gasteiger partial charge in [0.25, 0.3) is 0 Å². The van der Waals surface area contributed by atoms with E-state index in [0.717, 1.165) is 47.6 Å². The SMILES string of the molecule is COc1cc(CNc2ccc(N3CCOCC3)cc2)cc(Br)c1OCc1ccc(C)cc1. The molecule has 0 bridgehead atoms. The van der Waals surface area contributed by atoms with E-state index < -0.39 is 0 Å². The van der Waals surface area contributed by atoms with Crippen LogP contribution in [0, 0.1) is 6.92 Å². The van der Waals surface area contributed by atoms with Crippen LogP contribution in [-0.4, -0.2) is 33.4 Å². The van der Waals surface area contributed by atoms with Crippen LogP contribution >= 0.6 is 15.9 Å². The Morgan fingerprint density at radius 1 is 0.969 bits per heavy atom. The van der Waals surface area contributed by atoms with Crippen molar-refractivity contribution in [2.24, 2.45) is 0 Å². The molecule has 1 N–H and O–H groups in total. The first kappa shape index (κ1) is 22.5. The number of ether oxygens (including phenoxy) is 3. The monoisotopic (exact) mass is 496 g/mol. The number of benzene rings is 3. The van der Waals surface area contributed by atoms with Crippen molar-refractivity contribution in [3.63, 3.8) is 0 Å². The number of halogens is 1. The van der Waals surface area contributed by atoms with Crippen molar-refractivity contribution in [1.82, 2.24) is 0 Å². The molecule has 0 unspecified atom stereocenters. The molecule has 1 heterocycles. The van der Waals surface area contributed by atoms with E-state index in [9.17, 15) is 0 Å². The van der Waals surface area contributed by atoms with Crippen LogP contribution in [-0.2, 0) is 17.9 Å². The Balaban J connectivity index is 1.38. The summed E-state index contributed by atoms with van der Waals surface area (Å²) in [6, 6.07) is 21.0. The van der Waals surface area contributed by atoms with Crippen LogP contribution in [0.3, 0.4) is 0 Å². The van der Waals surface area contributed by atoms with Crippen LogP contribution in [0.25, 0.3) is 0 Å². The zero-order valence-electron chi connectivity index (χ0n) is 18.6. The summed E-state index contributed by atoms with van der Waals surface area (Å²) in [5.41, 5.74) is 5.78. The van der Waals surface area contributed by atoms with Crippen LogP contribution in [0.4, 0.5) is 11.4 Å². The van der Waals surface area contributed by atoms with Gasteiger partial charge in [-0.1, -0.05) is 29.8 Å². The lowest BCUT2D eigenvalue weighted by atomic mass is 10.1. The Labute approximate surface area is 198 Å². The maximum Gasteiger partial charge on any atom is 0.175 e. The molecule has 5 nitrogen and oxygen atoms in total. The molecule has 32 heavy (non-hydrogen) atoms. The highest BCUT2D eigenvalue weighted by molar-refractivity contribution is 9.10. The number of aryl methyl sites for hydroxylation is 1. The standard InChI is InChI=1S/C26H29BrN2O3/c1-19-3-5-20(6-4-19)18-32-26-24(27)15-21(16-25(26)30-2)17-28-22-7-9-23(10-8-22)29-11-13-31-14-12-29/h3-10,15-16,28H,11-14,17-18H2,1-2H3. The third-order valence-corrected chi connectivity index (χ3v) is 6.12. The molecule has 3 aromatic rings. The third kappa shape index (κ3) is 5.75. The summed E-state index contributed by atoms with van der Waals surface area (Å²) in [7, 11) is 1.67. The van der Waals surface area contributed by atoms with Gasteiger partial charge in [0.2, 0.25) is 0 Å². The molecule has 1 fully saturated rings. The molecular weight excluding hydrogens is 468 g/mol. The summed E-state index contributed by atoms with van der Waals surface area (Å²) in [4.78, 5) is 2.35. The van der Waals surface area contributed by atoms with E-state index in [1.54, 1.807) is 7.11 Å². The van der Waals surface area contributed by atoms with Crippen molar-refractivity contribution in [3.05, 3.63) is 81.8 Å². The van der Waals surface area contributed by atoms with Gasteiger partial charge >= 0.3 is 0 Å². The van der Waals surface area contributed by atoms with E-state index in [1.165, 1.54) is 11.3 Å². The van der Waals surface area contributed by atoms with Crippen molar-refractivity contribution < 1.29 is 14.2 Å². The van der Waals surface area contributed by atoms with Crippen molar-refractivity contribution in [3.8, 4) is 11.5 Å². The molecule has 1 aliphatic rings. The number of nitrogens with one attached hydrogen (secondary N) is 1. The van der Waals surface area contributed by atoms with Gasteiger partial charge in [0, 0.05) is 31.0 Å². The molecule has 0 amide bonds. The summed E-state index contributed by atoms with van der Waals surface area (Å²) in [5, 5.41) is 3.49. The van der Waals surface area contributed by atoms with E-state index >= 15 is 0 Å². The number of anilines is 2. The van der Waals surface area contributed by atoms with Crippen LogP contribution in [0.5, 0.6) is 11.5 Å². The Hall–Kier alpha value is -2.70. The average molecular weight is 497 g/mol. The first-order valence-electron chi connectivity index (χ1n) is 10.8. The summed E-state index contributed by atoms with van der Waals surface area (Å²) >= 11 is 3.66. The Bertz CT molecular complexity index is 1020. The van der Waals surface area contributed by atoms with Crippen molar-refractivity contribution in [2.75, 3.05) is 43.6 Å². The maximum absolute atomic E-state index is 6.07. The lowest BCUT2D eigenvalue weighted by Gasteiger charge is -2.29. The van der Waals surface area contributed by atoms with Crippen LogP contribution in [0.1, 0.15) is 16.7 Å². The van der Waals surface area contributed by atoms with Crippen molar-refractivity contribution >= 4 is 27.3 Å². The molecule has 1 saturated heterocycles. The fraction of sp³-hybridized carbons (Fsp3) is 0.308. The van der Waals surface area contributed by atoms with Crippen molar-refractivity contribution in [2.45, 2.75) is 20.1 Å². The summed E-state index contributed by atoms with van der Waals surface area (Å²) < 4.78 is 18.0.